The van der Waals surface area contributed by atoms with E-state index in [0.717, 1.165) is 18.1 Å². The molecule has 2 rings (SSSR count). The first-order valence-electron chi connectivity index (χ1n) is 7.23. The second kappa shape index (κ2) is 7.92. The molecule has 0 bridgehead atoms. The summed E-state index contributed by atoms with van der Waals surface area (Å²) in [6, 6.07) is 5.84. The van der Waals surface area contributed by atoms with Crippen molar-refractivity contribution in [3.63, 3.8) is 0 Å². The summed E-state index contributed by atoms with van der Waals surface area (Å²) in [5.74, 6) is 1.63. The molecule has 23 heavy (non-hydrogen) atoms. The first kappa shape index (κ1) is 17.9. The number of amides is 1. The van der Waals surface area contributed by atoms with Crippen LogP contribution in [-0.2, 0) is 11.3 Å². The molecule has 4 nitrogen and oxygen atoms in total. The van der Waals surface area contributed by atoms with E-state index in [0.29, 0.717) is 12.0 Å². The number of benzene rings is 1. The number of ether oxygens (including phenoxy) is 1. The smallest absolute Gasteiger partial charge is 0.406 e. The van der Waals surface area contributed by atoms with Crippen LogP contribution in [0.5, 0.6) is 5.75 Å². The molecule has 1 N–H and O–H groups in total. The summed E-state index contributed by atoms with van der Waals surface area (Å²) in [4.78, 5) is 13.7. The third-order valence-electron chi connectivity index (χ3n) is 3.40. The van der Waals surface area contributed by atoms with Crippen molar-refractivity contribution in [2.75, 3.05) is 25.1 Å². The van der Waals surface area contributed by atoms with Gasteiger partial charge in [-0.15, -0.1) is 13.2 Å². The summed E-state index contributed by atoms with van der Waals surface area (Å²) in [5.41, 5.74) is 0.591. The molecule has 1 fully saturated rings. The van der Waals surface area contributed by atoms with Crippen molar-refractivity contribution in [1.29, 1.82) is 0 Å². The molecule has 1 unspecified atom stereocenters. The molecule has 1 atom stereocenters. The molecule has 0 radical (unpaired) electrons. The van der Waals surface area contributed by atoms with E-state index in [2.05, 4.69) is 10.1 Å². The molecule has 1 amide bonds. The Hall–Kier alpha value is -1.41. The number of hydrogen-bond donors (Lipinski definition) is 1. The molecule has 128 valence electrons. The average Bonchev–Trinajstić information content (AvgIpc) is 2.46. The highest BCUT2D eigenvalue weighted by Gasteiger charge is 2.31. The van der Waals surface area contributed by atoms with Crippen LogP contribution in [0.15, 0.2) is 24.3 Å². The second-order valence-electron chi connectivity index (χ2n) is 5.38. The molecule has 1 saturated heterocycles. The molecule has 0 saturated carbocycles. The summed E-state index contributed by atoms with van der Waals surface area (Å²) in [7, 11) is 1.65. The van der Waals surface area contributed by atoms with Gasteiger partial charge < -0.3 is 15.0 Å². The fourth-order valence-electron chi connectivity index (χ4n) is 2.32. The second-order valence-corrected chi connectivity index (χ2v) is 6.52. The van der Waals surface area contributed by atoms with Crippen LogP contribution < -0.4 is 10.1 Å². The highest BCUT2D eigenvalue weighted by molar-refractivity contribution is 7.99. The fraction of sp³-hybridized carbons (Fsp3) is 0.533. The maximum atomic E-state index is 12.2. The molecule has 1 heterocycles. The van der Waals surface area contributed by atoms with E-state index in [1.165, 1.54) is 23.1 Å². The summed E-state index contributed by atoms with van der Waals surface area (Å²) >= 11 is 1.81. The van der Waals surface area contributed by atoms with Crippen molar-refractivity contribution in [1.82, 2.24) is 10.2 Å². The highest BCUT2D eigenvalue weighted by atomic mass is 32.2. The molecule has 1 aromatic carbocycles. The first-order valence-corrected chi connectivity index (χ1v) is 8.39. The van der Waals surface area contributed by atoms with Crippen LogP contribution in [0.1, 0.15) is 12.0 Å². The van der Waals surface area contributed by atoms with Crippen LogP contribution in [0.4, 0.5) is 13.2 Å². The van der Waals surface area contributed by atoms with Gasteiger partial charge in [-0.05, 0) is 17.7 Å². The van der Waals surface area contributed by atoms with E-state index in [-0.39, 0.29) is 24.2 Å². The minimum Gasteiger partial charge on any atom is -0.406 e. The predicted octanol–water partition coefficient (Wildman–Crippen LogP) is 2.64. The number of carbonyl (C=O) groups excluding carboxylic acids is 1. The number of halogens is 3. The Morgan fingerprint density at radius 3 is 2.91 bits per heavy atom. The van der Waals surface area contributed by atoms with Gasteiger partial charge in [-0.1, -0.05) is 12.1 Å². The summed E-state index contributed by atoms with van der Waals surface area (Å²) in [6.07, 6.45) is -4.33. The number of nitrogens with one attached hydrogen (secondary N) is 1. The van der Waals surface area contributed by atoms with Crippen molar-refractivity contribution in [2.24, 2.45) is 0 Å². The normalized spacial score (nSPS) is 18.5. The Balaban J connectivity index is 1.89. The topological polar surface area (TPSA) is 41.6 Å². The lowest BCUT2D eigenvalue weighted by atomic mass is 10.1. The third-order valence-corrected chi connectivity index (χ3v) is 4.53. The Morgan fingerprint density at radius 1 is 1.48 bits per heavy atom. The number of rotatable bonds is 5. The molecule has 1 aliphatic rings. The van der Waals surface area contributed by atoms with Gasteiger partial charge in [0, 0.05) is 44.1 Å². The van der Waals surface area contributed by atoms with Gasteiger partial charge in [0.2, 0.25) is 5.91 Å². The van der Waals surface area contributed by atoms with Crippen LogP contribution in [0.3, 0.4) is 0 Å². The summed E-state index contributed by atoms with van der Waals surface area (Å²) in [6.45, 7) is 1.14. The highest BCUT2D eigenvalue weighted by Crippen LogP contribution is 2.23. The number of hydrogen-bond acceptors (Lipinski definition) is 4. The van der Waals surface area contributed by atoms with Crippen molar-refractivity contribution < 1.29 is 22.7 Å². The molecule has 8 heteroatoms. The van der Waals surface area contributed by atoms with Gasteiger partial charge in [0.25, 0.3) is 0 Å². The van der Waals surface area contributed by atoms with E-state index in [4.69, 9.17) is 0 Å². The lowest BCUT2D eigenvalue weighted by Crippen LogP contribution is -2.41. The Kier molecular flexibility index (Phi) is 6.17. The molecule has 0 spiro atoms. The molecular formula is C15H19F3N2O2S. The zero-order valence-electron chi connectivity index (χ0n) is 12.7. The Labute approximate surface area is 137 Å². The Morgan fingerprint density at radius 2 is 2.26 bits per heavy atom. The predicted molar refractivity (Wildman–Crippen MR) is 83.3 cm³/mol. The average molecular weight is 348 g/mol. The van der Waals surface area contributed by atoms with Gasteiger partial charge in [0.1, 0.15) is 5.75 Å². The van der Waals surface area contributed by atoms with Crippen LogP contribution in [0.25, 0.3) is 0 Å². The zero-order chi connectivity index (χ0) is 16.9. The minimum atomic E-state index is -4.72. The quantitative estimate of drug-likeness (QED) is 0.888. The van der Waals surface area contributed by atoms with Crippen molar-refractivity contribution in [3.05, 3.63) is 29.8 Å². The number of alkyl halides is 3. The number of thioether (sulfide) groups is 1. The lowest BCUT2D eigenvalue weighted by Gasteiger charge is -2.25. The lowest BCUT2D eigenvalue weighted by molar-refractivity contribution is -0.274. The van der Waals surface area contributed by atoms with Crippen molar-refractivity contribution in [3.8, 4) is 5.75 Å². The van der Waals surface area contributed by atoms with Crippen LogP contribution in [-0.4, -0.2) is 48.3 Å². The minimum absolute atomic E-state index is 0.0351. The van der Waals surface area contributed by atoms with E-state index < -0.39 is 6.36 Å². The maximum absolute atomic E-state index is 12.2. The molecule has 0 aliphatic carbocycles. The zero-order valence-corrected chi connectivity index (χ0v) is 13.5. The summed E-state index contributed by atoms with van der Waals surface area (Å²) < 4.78 is 40.6. The van der Waals surface area contributed by atoms with Crippen LogP contribution >= 0.6 is 11.8 Å². The monoisotopic (exact) mass is 348 g/mol. The largest absolute Gasteiger partial charge is 0.573 e. The maximum Gasteiger partial charge on any atom is 0.573 e. The molecule has 1 aromatic rings. The van der Waals surface area contributed by atoms with Gasteiger partial charge in [-0.25, -0.2) is 0 Å². The number of nitrogens with zero attached hydrogens (tertiary/aromatic N) is 1. The standard InChI is InChI=1S/C15H19F3N2O2S/c1-20(14(21)8-12-10-23-6-5-19-12)9-11-3-2-4-13(7-11)22-15(16,17)18/h2-4,7,12,19H,5-6,8-10H2,1H3. The fourth-order valence-corrected chi connectivity index (χ4v) is 3.27. The Bertz CT molecular complexity index is 534. The molecule has 1 aliphatic heterocycles. The van der Waals surface area contributed by atoms with Crippen LogP contribution in [0.2, 0.25) is 0 Å². The summed E-state index contributed by atoms with van der Waals surface area (Å²) in [5, 5.41) is 3.29. The molecule has 0 aromatic heterocycles. The van der Waals surface area contributed by atoms with E-state index in [9.17, 15) is 18.0 Å². The third kappa shape index (κ3) is 6.31. The van der Waals surface area contributed by atoms with Crippen molar-refractivity contribution >= 4 is 17.7 Å². The van der Waals surface area contributed by atoms with Gasteiger partial charge in [0.05, 0.1) is 0 Å². The van der Waals surface area contributed by atoms with Crippen molar-refractivity contribution in [2.45, 2.75) is 25.4 Å². The SMILES string of the molecule is CN(Cc1cccc(OC(F)(F)F)c1)C(=O)CC1CSCCN1. The van der Waals surface area contributed by atoms with E-state index in [1.54, 1.807) is 13.1 Å². The van der Waals surface area contributed by atoms with Gasteiger partial charge in [-0.2, -0.15) is 11.8 Å². The van der Waals surface area contributed by atoms with E-state index in [1.807, 2.05) is 11.8 Å². The van der Waals surface area contributed by atoms with Crippen LogP contribution in [0, 0.1) is 0 Å². The van der Waals surface area contributed by atoms with Gasteiger partial charge in [0.15, 0.2) is 0 Å². The number of carbonyl (C=O) groups is 1. The first-order chi connectivity index (χ1) is 10.8. The molecular weight excluding hydrogens is 329 g/mol. The van der Waals surface area contributed by atoms with E-state index >= 15 is 0 Å². The van der Waals surface area contributed by atoms with Gasteiger partial charge in [-0.3, -0.25) is 4.79 Å². The van der Waals surface area contributed by atoms with Gasteiger partial charge >= 0.3 is 6.36 Å².